The van der Waals surface area contributed by atoms with Crippen molar-refractivity contribution >= 4 is 18.2 Å². The molecule has 7 nitrogen and oxygen atoms in total. The average Bonchev–Trinajstić information content (AvgIpc) is 2.91. The van der Waals surface area contributed by atoms with Crippen molar-refractivity contribution in [1.82, 2.24) is 24.1 Å². The third kappa shape index (κ3) is 5.27. The maximum Gasteiger partial charge on any atom is 0.313 e. The number of carbonyl (C=O) groups is 1. The summed E-state index contributed by atoms with van der Waals surface area (Å²) in [5.41, 5.74) is 2.67. The highest BCUT2D eigenvalue weighted by atomic mass is 32.1. The lowest BCUT2D eigenvalue weighted by atomic mass is 10.1. The Morgan fingerprint density at radius 3 is 2.61 bits per heavy atom. The van der Waals surface area contributed by atoms with Crippen LogP contribution in [0, 0.1) is 11.7 Å². The van der Waals surface area contributed by atoms with Crippen molar-refractivity contribution in [3.63, 3.8) is 0 Å². The van der Waals surface area contributed by atoms with Crippen molar-refractivity contribution < 1.29 is 9.53 Å². The molecule has 152 valence electrons. The lowest BCUT2D eigenvalue weighted by Gasteiger charge is -2.34. The van der Waals surface area contributed by atoms with Crippen molar-refractivity contribution in [3.8, 4) is 0 Å². The van der Waals surface area contributed by atoms with E-state index in [2.05, 4.69) is 46.1 Å². The van der Waals surface area contributed by atoms with E-state index in [1.54, 1.807) is 16.2 Å². The molecule has 0 N–H and O–H groups in total. The zero-order chi connectivity index (χ0) is 20.1. The SMILES string of the molecule is CCOC(=O)Cc1nn(CN2CCN(Cc3cccc(C)c3)CC2)c(=S)n1C. The smallest absolute Gasteiger partial charge is 0.313 e. The molecule has 0 atom stereocenters. The van der Waals surface area contributed by atoms with Crippen LogP contribution in [0.25, 0.3) is 0 Å². The Kier molecular flexibility index (Phi) is 6.98. The van der Waals surface area contributed by atoms with Crippen molar-refractivity contribution in [1.29, 1.82) is 0 Å². The number of aryl methyl sites for hydroxylation is 1. The topological polar surface area (TPSA) is 55.5 Å². The molecule has 3 rings (SSSR count). The molecule has 2 heterocycles. The van der Waals surface area contributed by atoms with Gasteiger partial charge in [-0.2, -0.15) is 5.10 Å². The second kappa shape index (κ2) is 9.45. The number of ether oxygens (including phenoxy) is 1. The van der Waals surface area contributed by atoms with Crippen LogP contribution in [-0.2, 0) is 36.2 Å². The number of benzene rings is 1. The molecule has 28 heavy (non-hydrogen) atoms. The summed E-state index contributed by atoms with van der Waals surface area (Å²) in [6, 6.07) is 8.70. The fourth-order valence-electron chi connectivity index (χ4n) is 3.47. The minimum Gasteiger partial charge on any atom is -0.466 e. The van der Waals surface area contributed by atoms with Crippen molar-refractivity contribution in [2.45, 2.75) is 33.5 Å². The van der Waals surface area contributed by atoms with Gasteiger partial charge in [0.2, 0.25) is 0 Å². The lowest BCUT2D eigenvalue weighted by Crippen LogP contribution is -2.46. The molecule has 8 heteroatoms. The van der Waals surface area contributed by atoms with Crippen LogP contribution in [0.5, 0.6) is 0 Å². The molecule has 0 aliphatic carbocycles. The highest BCUT2D eigenvalue weighted by Gasteiger charge is 2.19. The molecule has 1 fully saturated rings. The van der Waals surface area contributed by atoms with E-state index in [9.17, 15) is 4.79 Å². The quantitative estimate of drug-likeness (QED) is 0.522. The van der Waals surface area contributed by atoms with E-state index >= 15 is 0 Å². The van der Waals surface area contributed by atoms with Gasteiger partial charge in [0.1, 0.15) is 12.2 Å². The van der Waals surface area contributed by atoms with E-state index < -0.39 is 0 Å². The first-order valence-corrected chi connectivity index (χ1v) is 10.2. The van der Waals surface area contributed by atoms with E-state index in [0.29, 0.717) is 23.9 Å². The first-order chi connectivity index (χ1) is 13.5. The number of nitrogens with zero attached hydrogens (tertiary/aromatic N) is 5. The molecule has 1 aromatic carbocycles. The van der Waals surface area contributed by atoms with Gasteiger partial charge in [-0.3, -0.25) is 14.6 Å². The molecule has 2 aromatic rings. The molecule has 0 amide bonds. The maximum atomic E-state index is 11.7. The largest absolute Gasteiger partial charge is 0.466 e. The van der Waals surface area contributed by atoms with Crippen LogP contribution in [0.1, 0.15) is 23.9 Å². The molecule has 0 unspecified atom stereocenters. The summed E-state index contributed by atoms with van der Waals surface area (Å²) in [7, 11) is 1.85. The fraction of sp³-hybridized carbons (Fsp3) is 0.550. The van der Waals surface area contributed by atoms with Gasteiger partial charge in [0.05, 0.1) is 13.3 Å². The summed E-state index contributed by atoms with van der Waals surface area (Å²) in [6.45, 7) is 9.91. The van der Waals surface area contributed by atoms with Crippen molar-refractivity contribution in [2.75, 3.05) is 32.8 Å². The molecule has 1 aliphatic rings. The molecular weight excluding hydrogens is 374 g/mol. The third-order valence-electron chi connectivity index (χ3n) is 5.03. The van der Waals surface area contributed by atoms with E-state index in [1.807, 2.05) is 7.05 Å². The second-order valence-corrected chi connectivity index (χ2v) is 7.63. The normalized spacial score (nSPS) is 15.7. The highest BCUT2D eigenvalue weighted by Crippen LogP contribution is 2.11. The van der Waals surface area contributed by atoms with Crippen LogP contribution >= 0.6 is 12.2 Å². The molecular formula is C20H29N5O2S. The lowest BCUT2D eigenvalue weighted by molar-refractivity contribution is -0.142. The molecule has 0 radical (unpaired) electrons. The molecule has 1 aliphatic heterocycles. The maximum absolute atomic E-state index is 11.7. The van der Waals surface area contributed by atoms with Gasteiger partial charge < -0.3 is 9.30 Å². The Labute approximate surface area is 171 Å². The van der Waals surface area contributed by atoms with Crippen LogP contribution < -0.4 is 0 Å². The van der Waals surface area contributed by atoms with Gasteiger partial charge in [-0.1, -0.05) is 29.8 Å². The Morgan fingerprint density at radius 1 is 1.21 bits per heavy atom. The number of carbonyl (C=O) groups excluding carboxylic acids is 1. The summed E-state index contributed by atoms with van der Waals surface area (Å²) in [4.78, 5) is 16.6. The Morgan fingerprint density at radius 2 is 1.93 bits per heavy atom. The third-order valence-corrected chi connectivity index (χ3v) is 5.51. The van der Waals surface area contributed by atoms with Gasteiger partial charge in [-0.05, 0) is 31.6 Å². The highest BCUT2D eigenvalue weighted by molar-refractivity contribution is 7.71. The first-order valence-electron chi connectivity index (χ1n) is 9.75. The fourth-order valence-corrected chi connectivity index (χ4v) is 3.67. The number of rotatable bonds is 7. The van der Waals surface area contributed by atoms with E-state index in [1.165, 1.54) is 11.1 Å². The number of hydrogen-bond acceptors (Lipinski definition) is 6. The van der Waals surface area contributed by atoms with Crippen molar-refractivity contribution in [3.05, 3.63) is 46.0 Å². The Bertz CT molecular complexity index is 868. The molecule has 0 bridgehead atoms. The predicted molar refractivity (Wildman–Crippen MR) is 110 cm³/mol. The zero-order valence-electron chi connectivity index (χ0n) is 16.9. The van der Waals surface area contributed by atoms with E-state index in [0.717, 1.165) is 32.7 Å². The first kappa shape index (κ1) is 20.7. The zero-order valence-corrected chi connectivity index (χ0v) is 17.7. The molecule has 0 spiro atoms. The molecule has 1 saturated heterocycles. The summed E-state index contributed by atoms with van der Waals surface area (Å²) < 4.78 is 9.24. The average molecular weight is 404 g/mol. The van der Waals surface area contributed by atoms with Gasteiger partial charge in [0, 0.05) is 39.8 Å². The summed E-state index contributed by atoms with van der Waals surface area (Å²) in [5.74, 6) is 0.365. The van der Waals surface area contributed by atoms with Crippen LogP contribution in [-0.4, -0.2) is 62.9 Å². The monoisotopic (exact) mass is 403 g/mol. The van der Waals surface area contributed by atoms with E-state index in [-0.39, 0.29) is 12.4 Å². The number of hydrogen-bond donors (Lipinski definition) is 0. The second-order valence-electron chi connectivity index (χ2n) is 7.26. The van der Waals surface area contributed by atoms with Crippen LogP contribution in [0.4, 0.5) is 0 Å². The molecule has 0 saturated carbocycles. The minimum atomic E-state index is -0.275. The van der Waals surface area contributed by atoms with Gasteiger partial charge in [0.15, 0.2) is 4.77 Å². The summed E-state index contributed by atoms with van der Waals surface area (Å²) >= 11 is 5.50. The Hall–Kier alpha value is -2.03. The predicted octanol–water partition coefficient (Wildman–Crippen LogP) is 2.14. The van der Waals surface area contributed by atoms with Crippen molar-refractivity contribution in [2.24, 2.45) is 7.05 Å². The van der Waals surface area contributed by atoms with Crippen LogP contribution in [0.3, 0.4) is 0 Å². The van der Waals surface area contributed by atoms with Crippen LogP contribution in [0.15, 0.2) is 24.3 Å². The summed E-state index contributed by atoms with van der Waals surface area (Å²) in [6.07, 6.45) is 0.144. The standard InChI is InChI=1S/C20H29N5O2S/c1-4-27-19(26)13-18-21-25(20(28)22(18)3)15-24-10-8-23(9-11-24)14-17-7-5-6-16(2)12-17/h5-7,12H,4,8-11,13-15H2,1-3H3. The number of aromatic nitrogens is 3. The summed E-state index contributed by atoms with van der Waals surface area (Å²) in [5, 5.41) is 4.54. The van der Waals surface area contributed by atoms with Gasteiger partial charge in [0.25, 0.3) is 0 Å². The van der Waals surface area contributed by atoms with Gasteiger partial charge in [-0.15, -0.1) is 0 Å². The van der Waals surface area contributed by atoms with Gasteiger partial charge >= 0.3 is 5.97 Å². The van der Waals surface area contributed by atoms with Crippen LogP contribution in [0.2, 0.25) is 0 Å². The number of piperazine rings is 1. The Balaban J connectivity index is 1.54. The minimum absolute atomic E-state index is 0.144. The number of esters is 1. The van der Waals surface area contributed by atoms with E-state index in [4.69, 9.17) is 17.0 Å². The molecule has 1 aromatic heterocycles. The van der Waals surface area contributed by atoms with Gasteiger partial charge in [-0.25, -0.2) is 4.68 Å².